The van der Waals surface area contributed by atoms with Crippen molar-refractivity contribution >= 4 is 12.4 Å². The van der Waals surface area contributed by atoms with Crippen LogP contribution in [0.3, 0.4) is 0 Å². The molecule has 0 spiro atoms. The molecule has 1 aromatic rings. The van der Waals surface area contributed by atoms with Gasteiger partial charge in [-0.2, -0.15) is 0 Å². The lowest BCUT2D eigenvalue weighted by Gasteiger charge is -2.30. The molecule has 1 fully saturated rings. The summed E-state index contributed by atoms with van der Waals surface area (Å²) in [7, 11) is 0. The van der Waals surface area contributed by atoms with E-state index in [1.165, 1.54) is 12.1 Å². The lowest BCUT2D eigenvalue weighted by atomic mass is 9.88. The minimum Gasteiger partial charge on any atom is -0.316 e. The maximum atomic E-state index is 14.2. The van der Waals surface area contributed by atoms with Gasteiger partial charge >= 0.3 is 0 Å². The molecule has 0 radical (unpaired) electrons. The maximum absolute atomic E-state index is 14.2. The van der Waals surface area contributed by atoms with Gasteiger partial charge in [0.2, 0.25) is 0 Å². The van der Waals surface area contributed by atoms with Crippen molar-refractivity contribution < 1.29 is 8.78 Å². The number of hydrogen-bond acceptors (Lipinski definition) is 1. The van der Waals surface area contributed by atoms with Gasteiger partial charge in [-0.1, -0.05) is 12.1 Å². The Bertz CT molecular complexity index is 338. The van der Waals surface area contributed by atoms with Crippen LogP contribution in [0.4, 0.5) is 8.78 Å². The fourth-order valence-electron chi connectivity index (χ4n) is 2.06. The van der Waals surface area contributed by atoms with Crippen LogP contribution >= 0.6 is 12.4 Å². The summed E-state index contributed by atoms with van der Waals surface area (Å²) < 4.78 is 27.1. The molecule has 0 amide bonds. The summed E-state index contributed by atoms with van der Waals surface area (Å²) in [6.07, 6.45) is 1.36. The molecule has 0 aromatic heterocycles. The van der Waals surface area contributed by atoms with Gasteiger partial charge in [0.1, 0.15) is 11.5 Å². The number of alkyl halides is 1. The van der Waals surface area contributed by atoms with E-state index >= 15 is 0 Å². The molecule has 0 bridgehead atoms. The summed E-state index contributed by atoms with van der Waals surface area (Å²) >= 11 is 0. The summed E-state index contributed by atoms with van der Waals surface area (Å²) in [6, 6.07) is 6.22. The third-order valence-electron chi connectivity index (χ3n) is 2.91. The highest BCUT2D eigenvalue weighted by Crippen LogP contribution is 2.27. The SMILES string of the molecule is Cl.Fc1cccc(CC2(F)CCNCC2)c1. The number of benzene rings is 1. The fraction of sp³-hybridized carbons (Fsp3) is 0.500. The van der Waals surface area contributed by atoms with E-state index in [2.05, 4.69) is 5.32 Å². The van der Waals surface area contributed by atoms with E-state index < -0.39 is 5.67 Å². The lowest BCUT2D eigenvalue weighted by molar-refractivity contribution is 0.116. The molecule has 1 heterocycles. The van der Waals surface area contributed by atoms with Gasteiger partial charge in [-0.05, 0) is 43.6 Å². The van der Waals surface area contributed by atoms with Gasteiger partial charge in [-0.3, -0.25) is 0 Å². The molecular formula is C12H16ClF2N. The number of piperidine rings is 1. The van der Waals surface area contributed by atoms with Crippen LogP contribution in [0.2, 0.25) is 0 Å². The molecule has 0 aliphatic carbocycles. The quantitative estimate of drug-likeness (QED) is 0.848. The molecule has 2 rings (SSSR count). The number of nitrogens with one attached hydrogen (secondary N) is 1. The number of hydrogen-bond donors (Lipinski definition) is 1. The molecule has 16 heavy (non-hydrogen) atoms. The van der Waals surface area contributed by atoms with Crippen LogP contribution in [0, 0.1) is 5.82 Å². The topological polar surface area (TPSA) is 12.0 Å². The maximum Gasteiger partial charge on any atom is 0.123 e. The Morgan fingerprint density at radius 2 is 1.94 bits per heavy atom. The summed E-state index contributed by atoms with van der Waals surface area (Å²) in [5.41, 5.74) is -0.404. The molecular weight excluding hydrogens is 232 g/mol. The van der Waals surface area contributed by atoms with Gasteiger partial charge < -0.3 is 5.32 Å². The minimum absolute atomic E-state index is 0. The highest BCUT2D eigenvalue weighted by molar-refractivity contribution is 5.85. The van der Waals surface area contributed by atoms with Crippen molar-refractivity contribution in [1.82, 2.24) is 5.32 Å². The second-order valence-electron chi connectivity index (χ2n) is 4.21. The molecule has 0 unspecified atom stereocenters. The van der Waals surface area contributed by atoms with Crippen LogP contribution in [-0.2, 0) is 6.42 Å². The number of halogens is 3. The summed E-state index contributed by atoms with van der Waals surface area (Å²) in [5, 5.41) is 3.12. The van der Waals surface area contributed by atoms with E-state index in [1.807, 2.05) is 0 Å². The summed E-state index contributed by atoms with van der Waals surface area (Å²) in [6.45, 7) is 1.43. The smallest absolute Gasteiger partial charge is 0.123 e. The molecule has 1 saturated heterocycles. The highest BCUT2D eigenvalue weighted by atomic mass is 35.5. The lowest BCUT2D eigenvalue weighted by Crippen LogP contribution is -2.40. The van der Waals surface area contributed by atoms with Crippen LogP contribution in [-0.4, -0.2) is 18.8 Å². The van der Waals surface area contributed by atoms with Gasteiger partial charge in [0.05, 0.1) is 0 Å². The van der Waals surface area contributed by atoms with Crippen molar-refractivity contribution in [2.75, 3.05) is 13.1 Å². The first-order valence-electron chi connectivity index (χ1n) is 5.32. The molecule has 1 aromatic carbocycles. The molecule has 4 heteroatoms. The second kappa shape index (κ2) is 5.60. The monoisotopic (exact) mass is 247 g/mol. The van der Waals surface area contributed by atoms with E-state index in [4.69, 9.17) is 0 Å². The van der Waals surface area contributed by atoms with Crippen LogP contribution in [0.25, 0.3) is 0 Å². The van der Waals surface area contributed by atoms with Crippen molar-refractivity contribution in [2.45, 2.75) is 24.9 Å². The zero-order valence-corrected chi connectivity index (χ0v) is 9.83. The molecule has 90 valence electrons. The minimum atomic E-state index is -1.15. The molecule has 1 nitrogen and oxygen atoms in total. The third-order valence-corrected chi connectivity index (χ3v) is 2.91. The first-order chi connectivity index (χ1) is 7.18. The molecule has 0 saturated carbocycles. The Kier molecular flexibility index (Phi) is 4.69. The van der Waals surface area contributed by atoms with E-state index in [1.54, 1.807) is 12.1 Å². The van der Waals surface area contributed by atoms with Crippen molar-refractivity contribution in [1.29, 1.82) is 0 Å². The van der Waals surface area contributed by atoms with Gasteiger partial charge in [-0.15, -0.1) is 12.4 Å². The Balaban J connectivity index is 0.00000128. The average Bonchev–Trinajstić information content (AvgIpc) is 2.18. The first-order valence-corrected chi connectivity index (χ1v) is 5.32. The van der Waals surface area contributed by atoms with Crippen molar-refractivity contribution in [3.8, 4) is 0 Å². The van der Waals surface area contributed by atoms with Crippen molar-refractivity contribution in [3.63, 3.8) is 0 Å². The van der Waals surface area contributed by atoms with Crippen LogP contribution in [0.15, 0.2) is 24.3 Å². The van der Waals surface area contributed by atoms with Gasteiger partial charge in [0, 0.05) is 6.42 Å². The van der Waals surface area contributed by atoms with Gasteiger partial charge in [-0.25, -0.2) is 8.78 Å². The van der Waals surface area contributed by atoms with E-state index in [9.17, 15) is 8.78 Å². The highest BCUT2D eigenvalue weighted by Gasteiger charge is 2.31. The first kappa shape index (κ1) is 13.4. The van der Waals surface area contributed by atoms with Crippen molar-refractivity contribution in [2.24, 2.45) is 0 Å². The molecule has 0 atom stereocenters. The Morgan fingerprint density at radius 3 is 2.56 bits per heavy atom. The van der Waals surface area contributed by atoms with E-state index in [0.717, 1.165) is 5.56 Å². The second-order valence-corrected chi connectivity index (χ2v) is 4.21. The third kappa shape index (κ3) is 3.42. The predicted octanol–water partition coefficient (Wildman–Crippen LogP) is 2.88. The largest absolute Gasteiger partial charge is 0.316 e. The zero-order chi connectivity index (χ0) is 10.7. The Hall–Kier alpha value is -0.670. The Labute approximate surface area is 101 Å². The normalized spacial score (nSPS) is 18.9. The number of rotatable bonds is 2. The summed E-state index contributed by atoms with van der Waals surface area (Å²) in [4.78, 5) is 0. The van der Waals surface area contributed by atoms with Crippen LogP contribution in [0.5, 0.6) is 0 Å². The zero-order valence-electron chi connectivity index (χ0n) is 9.01. The standard InChI is InChI=1S/C12H15F2N.ClH/c13-11-3-1-2-10(8-11)9-12(14)4-6-15-7-5-12;/h1-3,8,15H,4-7,9H2;1H. The molecule has 1 aliphatic rings. The molecule has 1 N–H and O–H groups in total. The summed E-state index contributed by atoms with van der Waals surface area (Å²) in [5.74, 6) is -0.287. The van der Waals surface area contributed by atoms with E-state index in [0.29, 0.717) is 32.4 Å². The Morgan fingerprint density at radius 1 is 1.25 bits per heavy atom. The predicted molar refractivity (Wildman–Crippen MR) is 63.3 cm³/mol. The fourth-order valence-corrected chi connectivity index (χ4v) is 2.06. The van der Waals surface area contributed by atoms with Gasteiger partial charge in [0.15, 0.2) is 0 Å². The average molecular weight is 248 g/mol. The van der Waals surface area contributed by atoms with Crippen LogP contribution in [0.1, 0.15) is 18.4 Å². The molecule has 1 aliphatic heterocycles. The van der Waals surface area contributed by atoms with Crippen LogP contribution < -0.4 is 5.32 Å². The van der Waals surface area contributed by atoms with E-state index in [-0.39, 0.29) is 18.2 Å². The van der Waals surface area contributed by atoms with Crippen molar-refractivity contribution in [3.05, 3.63) is 35.6 Å². The van der Waals surface area contributed by atoms with Gasteiger partial charge in [0.25, 0.3) is 0 Å².